The molecule has 0 fully saturated rings. The van der Waals surface area contributed by atoms with Crippen LogP contribution >= 0.6 is 0 Å². The zero-order chi connectivity index (χ0) is 20.3. The van der Waals surface area contributed by atoms with Crippen LogP contribution < -0.4 is 9.04 Å². The molecule has 0 saturated carbocycles. The molecule has 0 bridgehead atoms. The van der Waals surface area contributed by atoms with E-state index in [-0.39, 0.29) is 22.7 Å². The number of sulfonamides is 1. The molecule has 0 radical (unpaired) electrons. The van der Waals surface area contributed by atoms with Crippen molar-refractivity contribution in [3.63, 3.8) is 0 Å². The van der Waals surface area contributed by atoms with Crippen LogP contribution in [0.1, 0.15) is 11.1 Å². The zero-order valence-corrected chi connectivity index (χ0v) is 16.2. The van der Waals surface area contributed by atoms with Gasteiger partial charge in [-0.3, -0.25) is 4.31 Å². The number of methoxy groups -OCH3 is 1. The molecule has 0 aliphatic carbocycles. The normalized spacial score (nSPS) is 11.3. The summed E-state index contributed by atoms with van der Waals surface area (Å²) in [5, 5.41) is 0. The molecule has 0 aromatic heterocycles. The lowest BCUT2D eigenvalue weighted by molar-refractivity contribution is 0.414. The van der Waals surface area contributed by atoms with Crippen molar-refractivity contribution >= 4 is 15.7 Å². The van der Waals surface area contributed by atoms with E-state index < -0.39 is 21.7 Å². The van der Waals surface area contributed by atoms with Crippen LogP contribution in [0.2, 0.25) is 0 Å². The second-order valence-corrected chi connectivity index (χ2v) is 8.08. The van der Waals surface area contributed by atoms with Crippen LogP contribution in [0.25, 0.3) is 0 Å². The lowest BCUT2D eigenvalue weighted by Crippen LogP contribution is -2.31. The van der Waals surface area contributed by atoms with Crippen LogP contribution in [0.15, 0.2) is 71.6 Å². The number of benzene rings is 3. The fraction of sp³-hybridized carbons (Fsp3) is 0.143. The maximum absolute atomic E-state index is 13.8. The Morgan fingerprint density at radius 3 is 2.21 bits per heavy atom. The molecule has 3 aromatic carbocycles. The zero-order valence-electron chi connectivity index (χ0n) is 15.4. The van der Waals surface area contributed by atoms with Gasteiger partial charge < -0.3 is 4.74 Å². The monoisotopic (exact) mass is 403 g/mol. The van der Waals surface area contributed by atoms with E-state index in [9.17, 15) is 17.2 Å². The highest BCUT2D eigenvalue weighted by molar-refractivity contribution is 7.92. The molecule has 0 amide bonds. The first-order valence-electron chi connectivity index (χ1n) is 8.48. The molecule has 0 atom stereocenters. The van der Waals surface area contributed by atoms with E-state index in [0.717, 1.165) is 22.5 Å². The fourth-order valence-electron chi connectivity index (χ4n) is 2.86. The van der Waals surface area contributed by atoms with Crippen LogP contribution in [0, 0.1) is 18.6 Å². The molecule has 0 aliphatic heterocycles. The minimum Gasteiger partial charge on any atom is -0.497 e. The van der Waals surface area contributed by atoms with Gasteiger partial charge in [-0.05, 0) is 66.6 Å². The lowest BCUT2D eigenvalue weighted by Gasteiger charge is -2.25. The van der Waals surface area contributed by atoms with Crippen molar-refractivity contribution in [2.45, 2.75) is 18.4 Å². The van der Waals surface area contributed by atoms with E-state index in [4.69, 9.17) is 4.74 Å². The largest absolute Gasteiger partial charge is 0.497 e. The number of hydrogen-bond donors (Lipinski definition) is 0. The van der Waals surface area contributed by atoms with Gasteiger partial charge in [-0.25, -0.2) is 17.2 Å². The van der Waals surface area contributed by atoms with Crippen LogP contribution in [0.5, 0.6) is 5.75 Å². The van der Waals surface area contributed by atoms with Crippen molar-refractivity contribution in [1.29, 1.82) is 0 Å². The van der Waals surface area contributed by atoms with Crippen molar-refractivity contribution in [2.75, 3.05) is 11.4 Å². The summed E-state index contributed by atoms with van der Waals surface area (Å²) in [5.41, 5.74) is 1.14. The van der Waals surface area contributed by atoms with Gasteiger partial charge in [0.05, 0.1) is 24.2 Å². The standard InChI is InChI=1S/C21H19F2NO3S/c1-15-12-18(23)8-11-21(15)28(25,26)24(19-5-3-4-17(22)13-19)14-16-6-9-20(27-2)10-7-16/h3-13H,14H2,1-2H3. The Hall–Kier alpha value is -2.93. The van der Waals surface area contributed by atoms with E-state index in [2.05, 4.69) is 0 Å². The predicted octanol–water partition coefficient (Wildman–Crippen LogP) is 4.68. The molecule has 3 rings (SSSR count). The number of halogens is 2. The molecule has 0 aliphatic rings. The molecule has 146 valence electrons. The summed E-state index contributed by atoms with van der Waals surface area (Å²) in [4.78, 5) is -0.0355. The van der Waals surface area contributed by atoms with E-state index in [1.165, 1.54) is 38.3 Å². The average molecular weight is 403 g/mol. The Morgan fingerprint density at radius 2 is 1.61 bits per heavy atom. The quantitative estimate of drug-likeness (QED) is 0.601. The molecule has 0 N–H and O–H groups in total. The minimum absolute atomic E-state index is 0.0212. The van der Waals surface area contributed by atoms with E-state index in [1.807, 2.05) is 0 Å². The van der Waals surface area contributed by atoms with E-state index >= 15 is 0 Å². The number of nitrogens with zero attached hydrogens (tertiary/aromatic N) is 1. The van der Waals surface area contributed by atoms with Gasteiger partial charge in [-0.2, -0.15) is 0 Å². The third-order valence-electron chi connectivity index (χ3n) is 4.29. The highest BCUT2D eigenvalue weighted by Crippen LogP contribution is 2.29. The summed E-state index contributed by atoms with van der Waals surface area (Å²) in [5.74, 6) is -0.439. The topological polar surface area (TPSA) is 46.6 Å². The maximum Gasteiger partial charge on any atom is 0.264 e. The third kappa shape index (κ3) is 4.14. The third-order valence-corrected chi connectivity index (χ3v) is 6.22. The highest BCUT2D eigenvalue weighted by Gasteiger charge is 2.27. The van der Waals surface area contributed by atoms with Crippen LogP contribution in [0.4, 0.5) is 14.5 Å². The average Bonchev–Trinajstić information content (AvgIpc) is 2.66. The van der Waals surface area contributed by atoms with Crippen LogP contribution in [-0.2, 0) is 16.6 Å². The molecule has 0 spiro atoms. The second kappa shape index (κ2) is 7.98. The van der Waals surface area contributed by atoms with Crippen molar-refractivity contribution < 1.29 is 21.9 Å². The molecular weight excluding hydrogens is 384 g/mol. The number of anilines is 1. The number of ether oxygens (including phenoxy) is 1. The van der Waals surface area contributed by atoms with Gasteiger partial charge >= 0.3 is 0 Å². The van der Waals surface area contributed by atoms with Gasteiger partial charge in [-0.1, -0.05) is 18.2 Å². The second-order valence-electron chi connectivity index (χ2n) is 6.25. The van der Waals surface area contributed by atoms with Gasteiger partial charge in [0.15, 0.2) is 0 Å². The van der Waals surface area contributed by atoms with Crippen molar-refractivity contribution in [2.24, 2.45) is 0 Å². The fourth-order valence-corrected chi connectivity index (χ4v) is 4.52. The van der Waals surface area contributed by atoms with E-state index in [0.29, 0.717) is 11.3 Å². The first kappa shape index (κ1) is 19.8. The Bertz CT molecular complexity index is 1080. The Labute approximate surface area is 163 Å². The van der Waals surface area contributed by atoms with Gasteiger partial charge in [0.1, 0.15) is 17.4 Å². The van der Waals surface area contributed by atoms with E-state index in [1.54, 1.807) is 24.3 Å². The summed E-state index contributed by atoms with van der Waals surface area (Å²) >= 11 is 0. The van der Waals surface area contributed by atoms with Crippen molar-refractivity contribution in [3.8, 4) is 5.75 Å². The van der Waals surface area contributed by atoms with Crippen molar-refractivity contribution in [3.05, 3.63) is 89.5 Å². The first-order chi connectivity index (χ1) is 13.3. The maximum atomic E-state index is 13.8. The van der Waals surface area contributed by atoms with Crippen LogP contribution in [0.3, 0.4) is 0 Å². The van der Waals surface area contributed by atoms with Gasteiger partial charge in [0.2, 0.25) is 0 Å². The Morgan fingerprint density at radius 1 is 0.929 bits per heavy atom. The number of hydrogen-bond acceptors (Lipinski definition) is 3. The molecule has 3 aromatic rings. The molecular formula is C21H19F2NO3S. The van der Waals surface area contributed by atoms with Gasteiger partial charge in [0, 0.05) is 0 Å². The summed E-state index contributed by atoms with van der Waals surface area (Å²) in [7, 11) is -2.53. The Kier molecular flexibility index (Phi) is 5.65. The number of rotatable bonds is 6. The van der Waals surface area contributed by atoms with Crippen molar-refractivity contribution in [1.82, 2.24) is 0 Å². The molecule has 4 nitrogen and oxygen atoms in total. The summed E-state index contributed by atoms with van der Waals surface area (Å²) in [6.45, 7) is 1.50. The predicted molar refractivity (Wildman–Crippen MR) is 104 cm³/mol. The molecule has 28 heavy (non-hydrogen) atoms. The van der Waals surface area contributed by atoms with Gasteiger partial charge in [0.25, 0.3) is 10.0 Å². The smallest absolute Gasteiger partial charge is 0.264 e. The highest BCUT2D eigenvalue weighted by atomic mass is 32.2. The van der Waals surface area contributed by atoms with Crippen LogP contribution in [-0.4, -0.2) is 15.5 Å². The number of aryl methyl sites for hydroxylation is 1. The molecule has 0 saturated heterocycles. The summed E-state index contributed by atoms with van der Waals surface area (Å²) in [6.07, 6.45) is 0. The van der Waals surface area contributed by atoms with Gasteiger partial charge in [-0.15, -0.1) is 0 Å². The lowest BCUT2D eigenvalue weighted by atomic mass is 10.2. The molecule has 7 heteroatoms. The SMILES string of the molecule is COc1ccc(CN(c2cccc(F)c2)S(=O)(=O)c2ccc(F)cc2C)cc1. The Balaban J connectivity index is 2.09. The molecule has 0 unspecified atom stereocenters. The summed E-state index contributed by atoms with van der Waals surface area (Å²) < 4.78 is 60.2. The minimum atomic E-state index is -4.06. The summed E-state index contributed by atoms with van der Waals surface area (Å²) in [6, 6.07) is 15.7. The first-order valence-corrected chi connectivity index (χ1v) is 9.92. The molecule has 0 heterocycles.